The van der Waals surface area contributed by atoms with E-state index in [1.54, 1.807) is 0 Å². The lowest BCUT2D eigenvalue weighted by atomic mass is 9.63. The Morgan fingerprint density at radius 3 is 1.69 bits per heavy atom. The predicted molar refractivity (Wildman–Crippen MR) is 205 cm³/mol. The smallest absolute Gasteiger partial charge is 0.0205 e. The molecule has 0 heteroatoms. The number of hydrogen-bond acceptors (Lipinski definition) is 0. The standard InChI is InChI=1S/C48H34/c1-29-28-44(30(2)27-43(29)36-25-23-34-22-21-32-13-9-14-33-24-26-42(36)46(34)45(32)33)48-40-18-7-5-16-38(40)47(39-17-6-8-19-41(39)48)37-20-10-12-31-11-3-4-15-35(31)37/h3-28,45-46H,1-2H3. The van der Waals surface area contributed by atoms with Crippen molar-refractivity contribution in [3.63, 3.8) is 0 Å². The van der Waals surface area contributed by atoms with Crippen molar-refractivity contribution < 1.29 is 0 Å². The lowest BCUT2D eigenvalue weighted by Crippen LogP contribution is -2.29. The maximum absolute atomic E-state index is 2.46. The molecule has 0 radical (unpaired) electrons. The fraction of sp³-hybridized carbons (Fsp3) is 0.0833. The van der Waals surface area contributed by atoms with Crippen molar-refractivity contribution in [3.05, 3.63) is 197 Å². The molecule has 0 saturated carbocycles. The molecule has 226 valence electrons. The molecule has 0 bridgehead atoms. The second-order valence-electron chi connectivity index (χ2n) is 13.7. The number of allylic oxidation sites excluding steroid dienone is 14. The Hall–Kier alpha value is -5.72. The minimum absolute atomic E-state index is 0.375. The van der Waals surface area contributed by atoms with Crippen molar-refractivity contribution in [1.82, 2.24) is 0 Å². The van der Waals surface area contributed by atoms with Crippen LogP contribution in [0.1, 0.15) is 16.7 Å². The average Bonchev–Trinajstić information content (AvgIpc) is 3.13. The molecular formula is C48H34. The zero-order valence-corrected chi connectivity index (χ0v) is 27.2. The Bertz CT molecular complexity index is 2560. The van der Waals surface area contributed by atoms with E-state index in [0.29, 0.717) is 11.8 Å². The van der Waals surface area contributed by atoms with E-state index in [0.717, 1.165) is 0 Å². The molecule has 0 amide bonds. The van der Waals surface area contributed by atoms with Gasteiger partial charge in [0.2, 0.25) is 0 Å². The fourth-order valence-electron chi connectivity index (χ4n) is 8.98. The summed E-state index contributed by atoms with van der Waals surface area (Å²) in [7, 11) is 0. The van der Waals surface area contributed by atoms with Crippen LogP contribution in [0.4, 0.5) is 0 Å². The highest BCUT2D eigenvalue weighted by atomic mass is 14.4. The summed E-state index contributed by atoms with van der Waals surface area (Å²) in [6.45, 7) is 4.60. The summed E-state index contributed by atoms with van der Waals surface area (Å²) in [6.07, 6.45) is 20.9. The first-order valence-electron chi connectivity index (χ1n) is 17.1. The topological polar surface area (TPSA) is 0 Å². The van der Waals surface area contributed by atoms with Gasteiger partial charge in [0.1, 0.15) is 0 Å². The fourth-order valence-corrected chi connectivity index (χ4v) is 8.98. The Labute approximate surface area is 281 Å². The van der Waals surface area contributed by atoms with Gasteiger partial charge in [-0.15, -0.1) is 0 Å². The van der Waals surface area contributed by atoms with Crippen LogP contribution in [0.5, 0.6) is 0 Å². The lowest BCUT2D eigenvalue weighted by molar-refractivity contribution is 0.566. The van der Waals surface area contributed by atoms with Crippen molar-refractivity contribution in [2.75, 3.05) is 0 Å². The molecule has 6 aromatic rings. The SMILES string of the molecule is Cc1cc(-c2c3ccccc3c(-c3cccc4ccccc34)c3ccccc23)c(C)cc1C1=C2C=CC3=CC=CC4=CC=C(C=C1)C2C34. The molecule has 2 atom stereocenters. The van der Waals surface area contributed by atoms with Gasteiger partial charge in [-0.05, 0) is 113 Å². The maximum Gasteiger partial charge on any atom is 0.0205 e. The molecule has 0 spiro atoms. The maximum atomic E-state index is 2.46. The zero-order valence-electron chi connectivity index (χ0n) is 27.2. The van der Waals surface area contributed by atoms with Crippen molar-refractivity contribution in [2.45, 2.75) is 13.8 Å². The highest BCUT2D eigenvalue weighted by molar-refractivity contribution is 6.23. The van der Waals surface area contributed by atoms with Crippen molar-refractivity contribution in [2.24, 2.45) is 11.8 Å². The molecule has 48 heavy (non-hydrogen) atoms. The van der Waals surface area contributed by atoms with Crippen LogP contribution in [0.25, 0.3) is 60.1 Å². The first-order valence-corrected chi connectivity index (χ1v) is 17.1. The van der Waals surface area contributed by atoms with E-state index in [2.05, 4.69) is 172 Å². The highest BCUT2D eigenvalue weighted by Gasteiger charge is 2.38. The number of fused-ring (bicyclic) bond motifs is 3. The monoisotopic (exact) mass is 610 g/mol. The molecule has 0 N–H and O–H groups in total. The highest BCUT2D eigenvalue weighted by Crippen LogP contribution is 2.52. The van der Waals surface area contributed by atoms with Gasteiger partial charge in [-0.25, -0.2) is 0 Å². The van der Waals surface area contributed by atoms with Gasteiger partial charge in [0.25, 0.3) is 0 Å². The quantitative estimate of drug-likeness (QED) is 0.175. The van der Waals surface area contributed by atoms with Gasteiger partial charge in [-0.2, -0.15) is 0 Å². The molecule has 0 fully saturated rings. The Kier molecular flexibility index (Phi) is 5.93. The van der Waals surface area contributed by atoms with Crippen LogP contribution >= 0.6 is 0 Å². The summed E-state index contributed by atoms with van der Waals surface area (Å²) in [6, 6.07) is 38.4. The van der Waals surface area contributed by atoms with Crippen LogP contribution in [-0.4, -0.2) is 0 Å². The largest absolute Gasteiger partial charge is 0.0617 e. The number of benzene rings is 6. The van der Waals surface area contributed by atoms with Crippen molar-refractivity contribution >= 4 is 37.9 Å². The van der Waals surface area contributed by atoms with E-state index in [9.17, 15) is 0 Å². The third-order valence-electron chi connectivity index (χ3n) is 11.1. The van der Waals surface area contributed by atoms with Gasteiger partial charge in [0.15, 0.2) is 0 Å². The average molecular weight is 611 g/mol. The molecule has 6 aromatic carbocycles. The van der Waals surface area contributed by atoms with Crippen LogP contribution in [0, 0.1) is 25.7 Å². The molecule has 0 aromatic heterocycles. The molecule has 10 rings (SSSR count). The van der Waals surface area contributed by atoms with Gasteiger partial charge in [0.05, 0.1) is 0 Å². The van der Waals surface area contributed by atoms with Gasteiger partial charge < -0.3 is 0 Å². The van der Waals surface area contributed by atoms with E-state index in [4.69, 9.17) is 0 Å². The molecular weight excluding hydrogens is 577 g/mol. The van der Waals surface area contributed by atoms with Gasteiger partial charge in [-0.3, -0.25) is 0 Å². The minimum atomic E-state index is 0.375. The first kappa shape index (κ1) is 27.4. The van der Waals surface area contributed by atoms with Crippen LogP contribution in [-0.2, 0) is 0 Å². The van der Waals surface area contributed by atoms with Crippen molar-refractivity contribution in [1.29, 1.82) is 0 Å². The van der Waals surface area contributed by atoms with Gasteiger partial charge in [-0.1, -0.05) is 158 Å². The number of aryl methyl sites for hydroxylation is 2. The molecule has 0 aliphatic heterocycles. The Morgan fingerprint density at radius 2 is 0.958 bits per heavy atom. The van der Waals surface area contributed by atoms with Crippen LogP contribution < -0.4 is 0 Å². The molecule has 0 heterocycles. The van der Waals surface area contributed by atoms with E-state index in [-0.39, 0.29) is 0 Å². The number of rotatable bonds is 3. The molecule has 4 aliphatic rings. The minimum Gasteiger partial charge on any atom is -0.0617 e. The first-order chi connectivity index (χ1) is 23.7. The third-order valence-corrected chi connectivity index (χ3v) is 11.1. The normalized spacial score (nSPS) is 19.1. The van der Waals surface area contributed by atoms with Crippen LogP contribution in [0.3, 0.4) is 0 Å². The lowest BCUT2D eigenvalue weighted by Gasteiger charge is -2.40. The van der Waals surface area contributed by atoms with E-state index < -0.39 is 0 Å². The van der Waals surface area contributed by atoms with Crippen LogP contribution in [0.2, 0.25) is 0 Å². The number of hydrogen-bond donors (Lipinski definition) is 0. The van der Waals surface area contributed by atoms with Crippen LogP contribution in [0.15, 0.2) is 180 Å². The molecule has 4 aliphatic carbocycles. The summed E-state index contributed by atoms with van der Waals surface area (Å²) in [4.78, 5) is 0. The summed E-state index contributed by atoms with van der Waals surface area (Å²) in [5.41, 5.74) is 16.2. The Balaban J connectivity index is 1.20. The third kappa shape index (κ3) is 3.90. The summed E-state index contributed by atoms with van der Waals surface area (Å²) in [5.74, 6) is 0.786. The second-order valence-corrected chi connectivity index (χ2v) is 13.7. The summed E-state index contributed by atoms with van der Waals surface area (Å²) in [5, 5.41) is 7.74. The Morgan fingerprint density at radius 1 is 0.417 bits per heavy atom. The van der Waals surface area contributed by atoms with E-state index in [1.165, 1.54) is 99.1 Å². The van der Waals surface area contributed by atoms with Crippen molar-refractivity contribution in [3.8, 4) is 22.3 Å². The predicted octanol–water partition coefficient (Wildman–Crippen LogP) is 12.6. The van der Waals surface area contributed by atoms with E-state index in [1.807, 2.05) is 0 Å². The van der Waals surface area contributed by atoms with Gasteiger partial charge >= 0.3 is 0 Å². The summed E-state index contributed by atoms with van der Waals surface area (Å²) >= 11 is 0. The van der Waals surface area contributed by atoms with E-state index >= 15 is 0 Å². The van der Waals surface area contributed by atoms with Gasteiger partial charge in [0, 0.05) is 11.8 Å². The zero-order chi connectivity index (χ0) is 31.9. The molecule has 2 unspecified atom stereocenters. The second kappa shape index (κ2) is 10.4. The summed E-state index contributed by atoms with van der Waals surface area (Å²) < 4.78 is 0. The molecule has 0 saturated heterocycles. The molecule has 0 nitrogen and oxygen atoms in total.